The lowest BCUT2D eigenvalue weighted by Crippen LogP contribution is -2.31. The maximum atomic E-state index is 5.69. The molecule has 4 nitrogen and oxygen atoms in total. The second-order valence-corrected chi connectivity index (χ2v) is 4.12. The Labute approximate surface area is 110 Å². The molecule has 0 bridgehead atoms. The third-order valence-corrected chi connectivity index (χ3v) is 2.89. The SMILES string of the molecule is CCN(CCOC)CCOc1ccc(CN)cc1. The van der Waals surface area contributed by atoms with Gasteiger partial charge in [-0.25, -0.2) is 0 Å². The van der Waals surface area contributed by atoms with Gasteiger partial charge in [-0.3, -0.25) is 4.90 Å². The number of rotatable bonds is 9. The summed E-state index contributed by atoms with van der Waals surface area (Å²) in [6, 6.07) is 7.93. The van der Waals surface area contributed by atoms with Crippen LogP contribution in [0.3, 0.4) is 0 Å². The Morgan fingerprint density at radius 2 is 1.78 bits per heavy atom. The molecule has 0 radical (unpaired) electrons. The van der Waals surface area contributed by atoms with Crippen LogP contribution in [0.5, 0.6) is 5.75 Å². The second-order valence-electron chi connectivity index (χ2n) is 4.12. The summed E-state index contributed by atoms with van der Waals surface area (Å²) in [5.41, 5.74) is 6.67. The zero-order valence-corrected chi connectivity index (χ0v) is 11.4. The minimum atomic E-state index is 0.570. The lowest BCUT2D eigenvalue weighted by atomic mass is 10.2. The molecule has 0 amide bonds. The predicted molar refractivity (Wildman–Crippen MR) is 73.8 cm³/mol. The number of methoxy groups -OCH3 is 1. The number of likely N-dealkylation sites (N-methyl/N-ethyl adjacent to an activating group) is 1. The first-order valence-corrected chi connectivity index (χ1v) is 6.43. The van der Waals surface area contributed by atoms with Crippen LogP contribution in [0.25, 0.3) is 0 Å². The van der Waals surface area contributed by atoms with Gasteiger partial charge in [0.1, 0.15) is 12.4 Å². The summed E-state index contributed by atoms with van der Waals surface area (Å²) in [6.45, 7) is 7.05. The first-order valence-electron chi connectivity index (χ1n) is 6.43. The van der Waals surface area contributed by atoms with Gasteiger partial charge in [0, 0.05) is 26.7 Å². The van der Waals surface area contributed by atoms with Crippen molar-refractivity contribution in [1.82, 2.24) is 4.90 Å². The minimum absolute atomic E-state index is 0.570. The topological polar surface area (TPSA) is 47.7 Å². The van der Waals surface area contributed by atoms with E-state index in [1.807, 2.05) is 24.3 Å². The average Bonchev–Trinajstić information content (AvgIpc) is 2.43. The molecule has 0 aliphatic rings. The van der Waals surface area contributed by atoms with Crippen LogP contribution in [0, 0.1) is 0 Å². The first kappa shape index (κ1) is 15.0. The molecule has 0 aliphatic carbocycles. The maximum Gasteiger partial charge on any atom is 0.119 e. The summed E-state index contributed by atoms with van der Waals surface area (Å²) in [4.78, 5) is 2.30. The molecule has 1 aromatic carbocycles. The Kier molecular flexibility index (Phi) is 7.41. The molecule has 0 saturated heterocycles. The fourth-order valence-electron chi connectivity index (χ4n) is 1.66. The number of hydrogen-bond donors (Lipinski definition) is 1. The van der Waals surface area contributed by atoms with E-state index in [4.69, 9.17) is 15.2 Å². The van der Waals surface area contributed by atoms with Crippen molar-refractivity contribution < 1.29 is 9.47 Å². The molecule has 0 heterocycles. The molecule has 0 aliphatic heterocycles. The summed E-state index contributed by atoms with van der Waals surface area (Å²) in [7, 11) is 1.73. The fraction of sp³-hybridized carbons (Fsp3) is 0.571. The Balaban J connectivity index is 2.26. The molecule has 0 saturated carbocycles. The van der Waals surface area contributed by atoms with E-state index in [2.05, 4.69) is 11.8 Å². The predicted octanol–water partition coefficient (Wildman–Crippen LogP) is 1.49. The minimum Gasteiger partial charge on any atom is -0.492 e. The highest BCUT2D eigenvalue weighted by molar-refractivity contribution is 5.27. The fourth-order valence-corrected chi connectivity index (χ4v) is 1.66. The molecule has 1 aromatic rings. The number of nitrogens with zero attached hydrogens (tertiary/aromatic N) is 1. The van der Waals surface area contributed by atoms with Crippen LogP contribution < -0.4 is 10.5 Å². The largest absolute Gasteiger partial charge is 0.492 e. The molecule has 0 atom stereocenters. The summed E-state index contributed by atoms with van der Waals surface area (Å²) in [5.74, 6) is 0.898. The highest BCUT2D eigenvalue weighted by atomic mass is 16.5. The van der Waals surface area contributed by atoms with Gasteiger partial charge in [0.2, 0.25) is 0 Å². The highest BCUT2D eigenvalue weighted by Gasteiger charge is 2.02. The molecule has 18 heavy (non-hydrogen) atoms. The number of hydrogen-bond acceptors (Lipinski definition) is 4. The van der Waals surface area contributed by atoms with Crippen LogP contribution >= 0.6 is 0 Å². The van der Waals surface area contributed by atoms with Gasteiger partial charge in [0.05, 0.1) is 6.61 Å². The first-order chi connectivity index (χ1) is 8.80. The normalized spacial score (nSPS) is 10.9. The average molecular weight is 252 g/mol. The zero-order valence-electron chi connectivity index (χ0n) is 11.4. The lowest BCUT2D eigenvalue weighted by Gasteiger charge is -2.19. The molecule has 0 spiro atoms. The van der Waals surface area contributed by atoms with Gasteiger partial charge in [-0.1, -0.05) is 19.1 Å². The van der Waals surface area contributed by atoms with Crippen molar-refractivity contribution in [2.24, 2.45) is 5.73 Å². The summed E-state index contributed by atoms with van der Waals surface area (Å²) in [5, 5.41) is 0. The van der Waals surface area contributed by atoms with Crippen LogP contribution in [-0.4, -0.2) is 44.9 Å². The molecule has 0 aromatic heterocycles. The Bertz CT molecular complexity index is 314. The van der Waals surface area contributed by atoms with Gasteiger partial charge in [-0.15, -0.1) is 0 Å². The van der Waals surface area contributed by atoms with E-state index >= 15 is 0 Å². The van der Waals surface area contributed by atoms with E-state index < -0.39 is 0 Å². The highest BCUT2D eigenvalue weighted by Crippen LogP contribution is 2.11. The van der Waals surface area contributed by atoms with Crippen molar-refractivity contribution in [2.75, 3.05) is 40.0 Å². The second kappa shape index (κ2) is 8.91. The van der Waals surface area contributed by atoms with Crippen LogP contribution in [0.1, 0.15) is 12.5 Å². The van der Waals surface area contributed by atoms with Gasteiger partial charge in [-0.2, -0.15) is 0 Å². The van der Waals surface area contributed by atoms with E-state index in [0.29, 0.717) is 13.2 Å². The number of nitrogens with two attached hydrogens (primary N) is 1. The third-order valence-electron chi connectivity index (χ3n) is 2.89. The van der Waals surface area contributed by atoms with E-state index in [-0.39, 0.29) is 0 Å². The quantitative estimate of drug-likeness (QED) is 0.723. The van der Waals surface area contributed by atoms with Gasteiger partial charge in [-0.05, 0) is 24.2 Å². The van der Waals surface area contributed by atoms with Crippen molar-refractivity contribution in [3.8, 4) is 5.75 Å². The molecule has 4 heteroatoms. The number of ether oxygens (including phenoxy) is 2. The van der Waals surface area contributed by atoms with E-state index in [1.165, 1.54) is 0 Å². The van der Waals surface area contributed by atoms with Crippen LogP contribution in [0.15, 0.2) is 24.3 Å². The van der Waals surface area contributed by atoms with Crippen molar-refractivity contribution in [2.45, 2.75) is 13.5 Å². The smallest absolute Gasteiger partial charge is 0.119 e. The Morgan fingerprint density at radius 1 is 1.11 bits per heavy atom. The van der Waals surface area contributed by atoms with Crippen molar-refractivity contribution in [3.05, 3.63) is 29.8 Å². The van der Waals surface area contributed by atoms with Crippen molar-refractivity contribution in [1.29, 1.82) is 0 Å². The molecule has 102 valence electrons. The summed E-state index contributed by atoms with van der Waals surface area (Å²) in [6.07, 6.45) is 0. The molecule has 2 N–H and O–H groups in total. The summed E-state index contributed by atoms with van der Waals surface area (Å²) < 4.78 is 10.8. The van der Waals surface area contributed by atoms with Gasteiger partial charge in [0.15, 0.2) is 0 Å². The van der Waals surface area contributed by atoms with Gasteiger partial charge < -0.3 is 15.2 Å². The van der Waals surface area contributed by atoms with Crippen molar-refractivity contribution in [3.63, 3.8) is 0 Å². The maximum absolute atomic E-state index is 5.69. The van der Waals surface area contributed by atoms with Crippen LogP contribution in [0.4, 0.5) is 0 Å². The standard InChI is InChI=1S/C14H24N2O2/c1-3-16(8-10-17-2)9-11-18-14-6-4-13(12-15)5-7-14/h4-7H,3,8-12,15H2,1-2H3. The molecule has 0 fully saturated rings. The van der Waals surface area contributed by atoms with E-state index in [1.54, 1.807) is 7.11 Å². The van der Waals surface area contributed by atoms with Crippen molar-refractivity contribution >= 4 is 0 Å². The molecular formula is C14H24N2O2. The van der Waals surface area contributed by atoms with E-state index in [0.717, 1.165) is 37.6 Å². The molecule has 0 unspecified atom stereocenters. The van der Waals surface area contributed by atoms with Gasteiger partial charge in [0.25, 0.3) is 0 Å². The monoisotopic (exact) mass is 252 g/mol. The third kappa shape index (κ3) is 5.49. The summed E-state index contributed by atoms with van der Waals surface area (Å²) >= 11 is 0. The Morgan fingerprint density at radius 3 is 2.33 bits per heavy atom. The molecular weight excluding hydrogens is 228 g/mol. The van der Waals surface area contributed by atoms with Crippen LogP contribution in [0.2, 0.25) is 0 Å². The van der Waals surface area contributed by atoms with E-state index in [9.17, 15) is 0 Å². The number of benzene rings is 1. The van der Waals surface area contributed by atoms with Crippen LogP contribution in [-0.2, 0) is 11.3 Å². The zero-order chi connectivity index (χ0) is 13.2. The van der Waals surface area contributed by atoms with Gasteiger partial charge >= 0.3 is 0 Å². The lowest BCUT2D eigenvalue weighted by molar-refractivity contribution is 0.138. The molecule has 1 rings (SSSR count). The Hall–Kier alpha value is -1.10.